The molecule has 1 aliphatic heterocycles. The van der Waals surface area contributed by atoms with E-state index < -0.39 is 0 Å². The number of anilines is 1. The SMILES string of the molecule is NCCCN1CCCN(c2ncc(Br)cn2)CC1. The first-order valence-corrected chi connectivity index (χ1v) is 7.24. The van der Waals surface area contributed by atoms with E-state index >= 15 is 0 Å². The Balaban J connectivity index is 1.90. The largest absolute Gasteiger partial charge is 0.339 e. The molecule has 2 N–H and O–H groups in total. The second-order valence-electron chi connectivity index (χ2n) is 4.53. The first-order chi connectivity index (χ1) is 8.79. The molecule has 1 fully saturated rings. The zero-order valence-corrected chi connectivity index (χ0v) is 12.1. The first kappa shape index (κ1) is 13.7. The molecule has 0 spiro atoms. The van der Waals surface area contributed by atoms with Gasteiger partial charge in [-0.15, -0.1) is 0 Å². The van der Waals surface area contributed by atoms with Gasteiger partial charge < -0.3 is 15.5 Å². The second-order valence-corrected chi connectivity index (χ2v) is 5.44. The number of rotatable bonds is 4. The highest BCUT2D eigenvalue weighted by molar-refractivity contribution is 9.10. The Labute approximate surface area is 117 Å². The highest BCUT2D eigenvalue weighted by Crippen LogP contribution is 2.13. The van der Waals surface area contributed by atoms with Crippen LogP contribution < -0.4 is 10.6 Å². The van der Waals surface area contributed by atoms with E-state index in [0.29, 0.717) is 0 Å². The molecule has 0 saturated carbocycles. The van der Waals surface area contributed by atoms with Crippen LogP contribution in [0.3, 0.4) is 0 Å². The second kappa shape index (κ2) is 7.01. The maximum atomic E-state index is 5.56. The van der Waals surface area contributed by atoms with Crippen molar-refractivity contribution in [1.29, 1.82) is 0 Å². The molecule has 0 atom stereocenters. The van der Waals surface area contributed by atoms with Crippen LogP contribution in [-0.4, -0.2) is 54.1 Å². The molecule has 0 bridgehead atoms. The van der Waals surface area contributed by atoms with Crippen LogP contribution in [0.5, 0.6) is 0 Å². The van der Waals surface area contributed by atoms with E-state index in [2.05, 4.69) is 35.7 Å². The molecule has 0 unspecified atom stereocenters. The van der Waals surface area contributed by atoms with E-state index in [1.165, 1.54) is 0 Å². The molecule has 0 aromatic carbocycles. The molecule has 1 aliphatic rings. The third-order valence-corrected chi connectivity index (χ3v) is 3.57. The quantitative estimate of drug-likeness (QED) is 0.902. The standard InChI is InChI=1S/C12H20BrN5/c13-11-9-15-12(16-10-11)18-6-2-5-17(7-8-18)4-1-3-14/h9-10H,1-8,14H2. The van der Waals surface area contributed by atoms with Crippen LogP contribution in [0.1, 0.15) is 12.8 Å². The molecule has 1 aromatic rings. The van der Waals surface area contributed by atoms with Gasteiger partial charge in [-0.3, -0.25) is 0 Å². The lowest BCUT2D eigenvalue weighted by Crippen LogP contribution is -2.32. The molecule has 0 aliphatic carbocycles. The van der Waals surface area contributed by atoms with Gasteiger partial charge in [0.05, 0.1) is 4.47 Å². The van der Waals surface area contributed by atoms with E-state index in [1.54, 1.807) is 12.4 Å². The van der Waals surface area contributed by atoms with Crippen LogP contribution in [0.4, 0.5) is 5.95 Å². The first-order valence-electron chi connectivity index (χ1n) is 6.44. The minimum absolute atomic E-state index is 0.774. The maximum Gasteiger partial charge on any atom is 0.225 e. The van der Waals surface area contributed by atoms with E-state index in [0.717, 1.165) is 62.5 Å². The molecule has 0 radical (unpaired) electrons. The number of nitrogens with zero attached hydrogens (tertiary/aromatic N) is 4. The van der Waals surface area contributed by atoms with Crippen molar-refractivity contribution in [3.63, 3.8) is 0 Å². The fraction of sp³-hybridized carbons (Fsp3) is 0.667. The third-order valence-electron chi connectivity index (χ3n) is 3.16. The van der Waals surface area contributed by atoms with Crippen molar-refractivity contribution in [2.75, 3.05) is 44.2 Å². The molecule has 1 saturated heterocycles. The van der Waals surface area contributed by atoms with Gasteiger partial charge in [-0.1, -0.05) is 0 Å². The predicted octanol–water partition coefficient (Wildman–Crippen LogP) is 1.10. The van der Waals surface area contributed by atoms with Gasteiger partial charge in [0.1, 0.15) is 0 Å². The Bertz CT molecular complexity index is 356. The summed E-state index contributed by atoms with van der Waals surface area (Å²) in [6.07, 6.45) is 5.84. The number of hydrogen-bond donors (Lipinski definition) is 1. The molecule has 0 amide bonds. The molecule has 1 aromatic heterocycles. The van der Waals surface area contributed by atoms with Gasteiger partial charge in [-0.25, -0.2) is 9.97 Å². The zero-order valence-electron chi connectivity index (χ0n) is 10.6. The lowest BCUT2D eigenvalue weighted by molar-refractivity contribution is 0.291. The summed E-state index contributed by atoms with van der Waals surface area (Å²) in [5, 5.41) is 0. The monoisotopic (exact) mass is 313 g/mol. The van der Waals surface area contributed by atoms with Crippen molar-refractivity contribution in [2.45, 2.75) is 12.8 Å². The van der Waals surface area contributed by atoms with Crippen LogP contribution in [0, 0.1) is 0 Å². The minimum Gasteiger partial charge on any atom is -0.339 e. The summed E-state index contributed by atoms with van der Waals surface area (Å²) >= 11 is 3.36. The summed E-state index contributed by atoms with van der Waals surface area (Å²) < 4.78 is 0.922. The molecule has 5 nitrogen and oxygen atoms in total. The Kier molecular flexibility index (Phi) is 5.34. The van der Waals surface area contributed by atoms with Gasteiger partial charge in [0.2, 0.25) is 5.95 Å². The van der Waals surface area contributed by atoms with Crippen molar-refractivity contribution >= 4 is 21.9 Å². The lowest BCUT2D eigenvalue weighted by Gasteiger charge is -2.21. The number of aromatic nitrogens is 2. The average Bonchev–Trinajstić information content (AvgIpc) is 2.63. The van der Waals surface area contributed by atoms with Crippen LogP contribution in [0.2, 0.25) is 0 Å². The molecular formula is C12H20BrN5. The average molecular weight is 314 g/mol. The molecule has 6 heteroatoms. The fourth-order valence-corrected chi connectivity index (χ4v) is 2.38. The van der Waals surface area contributed by atoms with Gasteiger partial charge in [-0.05, 0) is 48.4 Å². The van der Waals surface area contributed by atoms with E-state index in [-0.39, 0.29) is 0 Å². The number of nitrogens with two attached hydrogens (primary N) is 1. The highest BCUT2D eigenvalue weighted by Gasteiger charge is 2.16. The molecule has 18 heavy (non-hydrogen) atoms. The molecular weight excluding hydrogens is 294 g/mol. The van der Waals surface area contributed by atoms with Crippen molar-refractivity contribution in [2.24, 2.45) is 5.73 Å². The molecule has 2 rings (SSSR count). The number of halogens is 1. The summed E-state index contributed by atoms with van der Waals surface area (Å²) in [5.74, 6) is 0.832. The van der Waals surface area contributed by atoms with Crippen LogP contribution in [-0.2, 0) is 0 Å². The minimum atomic E-state index is 0.774. The summed E-state index contributed by atoms with van der Waals surface area (Å²) in [5.41, 5.74) is 5.56. The van der Waals surface area contributed by atoms with Crippen molar-refractivity contribution in [3.05, 3.63) is 16.9 Å². The topological polar surface area (TPSA) is 58.3 Å². The fourth-order valence-electron chi connectivity index (χ4n) is 2.18. The maximum absolute atomic E-state index is 5.56. The summed E-state index contributed by atoms with van der Waals surface area (Å²) in [7, 11) is 0. The normalized spacial score (nSPS) is 17.8. The van der Waals surface area contributed by atoms with Gasteiger partial charge in [0.15, 0.2) is 0 Å². The Morgan fingerprint density at radius 2 is 1.94 bits per heavy atom. The Morgan fingerprint density at radius 1 is 1.17 bits per heavy atom. The molecule has 100 valence electrons. The van der Waals surface area contributed by atoms with Gasteiger partial charge in [-0.2, -0.15) is 0 Å². The zero-order chi connectivity index (χ0) is 12.8. The smallest absolute Gasteiger partial charge is 0.225 e. The van der Waals surface area contributed by atoms with E-state index in [1.807, 2.05) is 0 Å². The van der Waals surface area contributed by atoms with Crippen molar-refractivity contribution in [1.82, 2.24) is 14.9 Å². The van der Waals surface area contributed by atoms with Gasteiger partial charge in [0.25, 0.3) is 0 Å². The van der Waals surface area contributed by atoms with Gasteiger partial charge in [0, 0.05) is 32.0 Å². The molecule has 2 heterocycles. The summed E-state index contributed by atoms with van der Waals surface area (Å²) in [4.78, 5) is 13.5. The van der Waals surface area contributed by atoms with Crippen LogP contribution >= 0.6 is 15.9 Å². The highest BCUT2D eigenvalue weighted by atomic mass is 79.9. The van der Waals surface area contributed by atoms with E-state index in [4.69, 9.17) is 5.73 Å². The Hall–Kier alpha value is -0.720. The van der Waals surface area contributed by atoms with Gasteiger partial charge >= 0.3 is 0 Å². The summed E-state index contributed by atoms with van der Waals surface area (Å²) in [6, 6.07) is 0. The Morgan fingerprint density at radius 3 is 2.67 bits per heavy atom. The van der Waals surface area contributed by atoms with E-state index in [9.17, 15) is 0 Å². The van der Waals surface area contributed by atoms with Crippen LogP contribution in [0.15, 0.2) is 16.9 Å². The lowest BCUT2D eigenvalue weighted by atomic mass is 10.3. The number of hydrogen-bond acceptors (Lipinski definition) is 5. The predicted molar refractivity (Wildman–Crippen MR) is 76.7 cm³/mol. The van der Waals surface area contributed by atoms with Crippen LogP contribution in [0.25, 0.3) is 0 Å². The van der Waals surface area contributed by atoms with Crippen molar-refractivity contribution < 1.29 is 0 Å². The third kappa shape index (κ3) is 3.90. The van der Waals surface area contributed by atoms with Crippen molar-refractivity contribution in [3.8, 4) is 0 Å². The summed E-state index contributed by atoms with van der Waals surface area (Å²) in [6.45, 7) is 6.11.